The second-order valence-corrected chi connectivity index (χ2v) is 17.6. The molecule has 15 heteroatoms. The highest BCUT2D eigenvalue weighted by Crippen LogP contribution is 2.58. The lowest BCUT2D eigenvalue weighted by Gasteiger charge is -2.48. The molecule has 2 aromatic carbocycles. The van der Waals surface area contributed by atoms with Gasteiger partial charge in [-0.3, -0.25) is 19.2 Å². The van der Waals surface area contributed by atoms with E-state index >= 15 is 0 Å². The molecular formula is C46H59N3O12. The normalized spacial score (nSPS) is 28.3. The molecule has 15 nitrogen and oxygen atoms in total. The molecule has 0 radical (unpaired) electrons. The standard InChI is InChI=1S/C46H59N3O12/c1-5-7-9-19-45(20-10-8-6-2)59-35-33-25-46(43(55)48-26-30-14-12-16-32(24-30)40(52)47-21-22-50)37(41(53)57-33)49(61-38(46)36(35)60-45)27-31-15-11-13-29(23-31)17-18-34(51)58-39-42(54)56-28-44(39,3)4/h11-18,23-24,33,35-39,50H,5-10,19-22,25-28H2,1-4H3,(H,47,52)(H,48,55). The van der Waals surface area contributed by atoms with Crippen molar-refractivity contribution in [3.63, 3.8) is 0 Å². The van der Waals surface area contributed by atoms with Crippen molar-refractivity contribution in [2.75, 3.05) is 19.8 Å². The number of cyclic esters (lactones) is 1. The van der Waals surface area contributed by atoms with E-state index in [0.717, 1.165) is 44.1 Å². The molecule has 7 unspecified atom stereocenters. The molecule has 7 rings (SSSR count). The summed E-state index contributed by atoms with van der Waals surface area (Å²) in [7, 11) is 0. The zero-order valence-electron chi connectivity index (χ0n) is 35.5. The Morgan fingerprint density at radius 2 is 1.64 bits per heavy atom. The van der Waals surface area contributed by atoms with Crippen molar-refractivity contribution >= 4 is 35.8 Å². The Morgan fingerprint density at radius 3 is 2.34 bits per heavy atom. The first-order chi connectivity index (χ1) is 29.3. The minimum Gasteiger partial charge on any atom is -0.462 e. The minimum atomic E-state index is -1.42. The van der Waals surface area contributed by atoms with Gasteiger partial charge in [0.2, 0.25) is 12.0 Å². The Hall–Kier alpha value is -4.67. The fourth-order valence-corrected chi connectivity index (χ4v) is 9.37. The number of nitrogens with one attached hydrogen (secondary N) is 2. The van der Waals surface area contributed by atoms with Crippen LogP contribution in [-0.4, -0.2) is 102 Å². The molecular weight excluding hydrogens is 787 g/mol. The predicted molar refractivity (Wildman–Crippen MR) is 220 cm³/mol. The summed E-state index contributed by atoms with van der Waals surface area (Å²) in [5, 5.41) is 16.4. The summed E-state index contributed by atoms with van der Waals surface area (Å²) in [6, 6.07) is 13.0. The maximum Gasteiger partial charge on any atom is 0.348 e. The van der Waals surface area contributed by atoms with E-state index in [1.807, 2.05) is 18.2 Å². The van der Waals surface area contributed by atoms with Gasteiger partial charge < -0.3 is 39.4 Å². The summed E-state index contributed by atoms with van der Waals surface area (Å²) in [5.41, 5.74) is 0.368. The van der Waals surface area contributed by atoms with E-state index in [1.165, 1.54) is 11.1 Å². The van der Waals surface area contributed by atoms with Gasteiger partial charge in [0, 0.05) is 49.4 Å². The van der Waals surface area contributed by atoms with Gasteiger partial charge in [-0.1, -0.05) is 89.8 Å². The summed E-state index contributed by atoms with van der Waals surface area (Å²) in [4.78, 5) is 73.6. The number of hydroxylamine groups is 2. The van der Waals surface area contributed by atoms with Crippen LogP contribution >= 0.6 is 0 Å². The minimum absolute atomic E-state index is 0.0700. The quantitative estimate of drug-likeness (QED) is 0.0767. The lowest BCUT2D eigenvalue weighted by atomic mass is 9.62. The van der Waals surface area contributed by atoms with E-state index in [4.69, 9.17) is 33.6 Å². The van der Waals surface area contributed by atoms with E-state index in [2.05, 4.69) is 24.5 Å². The highest BCUT2D eigenvalue weighted by Gasteiger charge is 2.76. The second-order valence-electron chi connectivity index (χ2n) is 17.6. The highest BCUT2D eigenvalue weighted by atomic mass is 16.8. The average Bonchev–Trinajstić information content (AvgIpc) is 3.88. The summed E-state index contributed by atoms with van der Waals surface area (Å²) >= 11 is 0. The SMILES string of the molecule is CCCCCC1(CCCCC)OC2C3CC4(C(=O)NCc5cccc(C(=O)NCCO)c5)C(ON(Cc5cccc(C=CC(=O)OC6C(=O)OCC6(C)C)c5)C4C(=O)O3)C2O1. The van der Waals surface area contributed by atoms with E-state index in [-0.39, 0.29) is 45.2 Å². The van der Waals surface area contributed by atoms with E-state index < -0.39 is 77.0 Å². The van der Waals surface area contributed by atoms with Crippen molar-refractivity contribution in [3.05, 3.63) is 76.9 Å². The number of aliphatic hydroxyl groups excluding tert-OH is 1. The lowest BCUT2D eigenvalue weighted by molar-refractivity contribution is -0.224. The molecule has 4 aliphatic heterocycles. The summed E-state index contributed by atoms with van der Waals surface area (Å²) in [6.45, 7) is 8.11. The van der Waals surface area contributed by atoms with Gasteiger partial charge in [0.1, 0.15) is 36.4 Å². The molecule has 4 saturated heterocycles. The number of esters is 3. The number of carbonyl (C=O) groups excluding carboxylic acids is 5. The first-order valence-electron chi connectivity index (χ1n) is 21.7. The zero-order chi connectivity index (χ0) is 43.4. The molecule has 5 aliphatic rings. The summed E-state index contributed by atoms with van der Waals surface area (Å²) < 4.78 is 30.6. The number of unbranched alkanes of at least 4 members (excludes halogenated alkanes) is 4. The molecule has 2 aromatic rings. The maximum absolute atomic E-state index is 14.9. The van der Waals surface area contributed by atoms with Crippen LogP contribution in [0.3, 0.4) is 0 Å². The molecule has 0 aromatic heterocycles. The highest BCUT2D eigenvalue weighted by molar-refractivity contribution is 5.95. The predicted octanol–water partition coefficient (Wildman–Crippen LogP) is 4.67. The summed E-state index contributed by atoms with van der Waals surface area (Å²) in [6.07, 6.45) is 6.14. The third kappa shape index (κ3) is 9.26. The Labute approximate surface area is 356 Å². The van der Waals surface area contributed by atoms with Crippen LogP contribution in [0.15, 0.2) is 54.6 Å². The van der Waals surface area contributed by atoms with Crippen molar-refractivity contribution in [1.29, 1.82) is 0 Å². The van der Waals surface area contributed by atoms with E-state index in [9.17, 15) is 24.0 Å². The fraction of sp³-hybridized carbons (Fsp3) is 0.587. The van der Waals surface area contributed by atoms with E-state index in [0.29, 0.717) is 29.5 Å². The molecule has 61 heavy (non-hydrogen) atoms. The fourth-order valence-electron chi connectivity index (χ4n) is 9.37. The van der Waals surface area contributed by atoms with Crippen LogP contribution in [0.25, 0.3) is 6.08 Å². The monoisotopic (exact) mass is 845 g/mol. The molecule has 1 saturated carbocycles. The number of hydrogen-bond donors (Lipinski definition) is 3. The topological polar surface area (TPSA) is 188 Å². The molecule has 1 aliphatic carbocycles. The smallest absolute Gasteiger partial charge is 0.348 e. The average molecular weight is 846 g/mol. The molecule has 3 N–H and O–H groups in total. The number of amides is 2. The van der Waals surface area contributed by atoms with Crippen LogP contribution in [0.4, 0.5) is 0 Å². The molecule has 4 heterocycles. The summed E-state index contributed by atoms with van der Waals surface area (Å²) in [5.74, 6) is -3.53. The Balaban J connectivity index is 1.16. The largest absolute Gasteiger partial charge is 0.462 e. The Morgan fingerprint density at radius 1 is 0.918 bits per heavy atom. The molecule has 0 spiro atoms. The number of carbonyl (C=O) groups is 5. The maximum atomic E-state index is 14.9. The zero-order valence-corrected chi connectivity index (χ0v) is 35.5. The van der Waals surface area contributed by atoms with Crippen molar-refractivity contribution in [2.24, 2.45) is 10.8 Å². The molecule has 330 valence electrons. The van der Waals surface area contributed by atoms with Crippen LogP contribution < -0.4 is 10.6 Å². The van der Waals surface area contributed by atoms with Crippen molar-refractivity contribution in [2.45, 2.75) is 141 Å². The van der Waals surface area contributed by atoms with Gasteiger partial charge in [-0.25, -0.2) is 9.59 Å². The third-order valence-electron chi connectivity index (χ3n) is 12.5. The number of aliphatic hydroxyl groups is 1. The van der Waals surface area contributed by atoms with Crippen LogP contribution in [-0.2, 0) is 60.8 Å². The first kappa shape index (κ1) is 44.4. The van der Waals surface area contributed by atoms with Crippen LogP contribution in [0, 0.1) is 10.8 Å². The number of benzene rings is 2. The van der Waals surface area contributed by atoms with Gasteiger partial charge in [-0.05, 0) is 47.7 Å². The van der Waals surface area contributed by atoms with Crippen LogP contribution in [0.5, 0.6) is 0 Å². The van der Waals surface area contributed by atoms with Gasteiger partial charge in [0.25, 0.3) is 5.91 Å². The second kappa shape index (κ2) is 18.7. The van der Waals surface area contributed by atoms with Crippen LogP contribution in [0.1, 0.15) is 113 Å². The number of hydrogen-bond acceptors (Lipinski definition) is 13. The van der Waals surface area contributed by atoms with Gasteiger partial charge in [-0.2, -0.15) is 5.06 Å². The van der Waals surface area contributed by atoms with Gasteiger partial charge in [-0.15, -0.1) is 0 Å². The van der Waals surface area contributed by atoms with Gasteiger partial charge >= 0.3 is 17.9 Å². The number of fused-ring (bicyclic) bond motifs is 4. The van der Waals surface area contributed by atoms with Crippen molar-refractivity contribution < 1.29 is 57.6 Å². The molecule has 2 amide bonds. The van der Waals surface area contributed by atoms with E-state index in [1.54, 1.807) is 50.3 Å². The molecule has 5 fully saturated rings. The van der Waals surface area contributed by atoms with Crippen LogP contribution in [0.2, 0.25) is 0 Å². The molecule has 2 bridgehead atoms. The van der Waals surface area contributed by atoms with Gasteiger partial charge in [0.15, 0.2) is 11.8 Å². The lowest BCUT2D eigenvalue weighted by Crippen LogP contribution is -2.69. The van der Waals surface area contributed by atoms with Crippen molar-refractivity contribution in [1.82, 2.24) is 15.7 Å². The Kier molecular flexibility index (Phi) is 13.6. The molecule has 7 atom stereocenters. The number of ether oxygens (including phenoxy) is 5. The van der Waals surface area contributed by atoms with Gasteiger partial charge in [0.05, 0.1) is 13.2 Å². The Bertz CT molecular complexity index is 1980. The third-order valence-corrected chi connectivity index (χ3v) is 12.5. The number of rotatable bonds is 19. The van der Waals surface area contributed by atoms with Crippen molar-refractivity contribution in [3.8, 4) is 0 Å². The number of nitrogens with zero attached hydrogens (tertiary/aromatic N) is 1. The first-order valence-corrected chi connectivity index (χ1v) is 21.7.